The van der Waals surface area contributed by atoms with Crippen LogP contribution in [0.2, 0.25) is 0 Å². The molecule has 0 unspecified atom stereocenters. The van der Waals surface area contributed by atoms with Gasteiger partial charge in [-0.3, -0.25) is 9.59 Å². The smallest absolute Gasteiger partial charge is 0.261 e. The van der Waals surface area contributed by atoms with E-state index in [9.17, 15) is 9.59 Å². The van der Waals surface area contributed by atoms with Crippen LogP contribution in [0, 0.1) is 12.3 Å². The maximum atomic E-state index is 12.4. The highest BCUT2D eigenvalue weighted by atomic mass is 32.1. The molecule has 2 fully saturated rings. The molecular weight excluding hydrogens is 324 g/mol. The van der Waals surface area contributed by atoms with Crippen molar-refractivity contribution in [3.8, 4) is 0 Å². The van der Waals surface area contributed by atoms with Crippen LogP contribution in [0.25, 0.3) is 0 Å². The second kappa shape index (κ2) is 7.23. The Labute approximate surface area is 147 Å². The van der Waals surface area contributed by atoms with E-state index in [4.69, 9.17) is 4.74 Å². The predicted octanol–water partition coefficient (Wildman–Crippen LogP) is 2.59. The van der Waals surface area contributed by atoms with Crippen LogP contribution >= 0.6 is 11.3 Å². The Kier molecular flexibility index (Phi) is 5.25. The Morgan fingerprint density at radius 2 is 2.29 bits per heavy atom. The van der Waals surface area contributed by atoms with E-state index >= 15 is 0 Å². The zero-order valence-corrected chi connectivity index (χ0v) is 15.3. The van der Waals surface area contributed by atoms with Crippen LogP contribution in [0.3, 0.4) is 0 Å². The number of hydrogen-bond acceptors (Lipinski definition) is 4. The number of aryl methyl sites for hydroxylation is 1. The van der Waals surface area contributed by atoms with Gasteiger partial charge in [-0.15, -0.1) is 11.3 Å². The maximum Gasteiger partial charge on any atom is 0.261 e. The second-order valence-corrected chi connectivity index (χ2v) is 8.23. The molecule has 1 aliphatic heterocycles. The number of fused-ring (bicyclic) bond motifs is 1. The van der Waals surface area contributed by atoms with Crippen molar-refractivity contribution < 1.29 is 14.3 Å². The maximum absolute atomic E-state index is 12.4. The van der Waals surface area contributed by atoms with Gasteiger partial charge in [0.2, 0.25) is 5.91 Å². The fourth-order valence-corrected chi connectivity index (χ4v) is 5.02. The van der Waals surface area contributed by atoms with E-state index in [1.54, 1.807) is 7.11 Å². The fourth-order valence-electron chi connectivity index (χ4n) is 4.24. The van der Waals surface area contributed by atoms with E-state index in [-0.39, 0.29) is 23.3 Å². The number of nitrogens with zero attached hydrogens (tertiary/aromatic N) is 1. The molecule has 2 atom stereocenters. The topological polar surface area (TPSA) is 58.6 Å². The third-order valence-electron chi connectivity index (χ3n) is 5.49. The highest BCUT2D eigenvalue weighted by molar-refractivity contribution is 7.13. The number of carbonyl (C=O) groups excluding carboxylic acids is 2. The lowest BCUT2D eigenvalue weighted by molar-refractivity contribution is -0.142. The van der Waals surface area contributed by atoms with Crippen molar-refractivity contribution in [3.05, 3.63) is 21.9 Å². The van der Waals surface area contributed by atoms with Gasteiger partial charge >= 0.3 is 0 Å². The molecule has 3 rings (SSSR count). The fraction of sp³-hybridized carbons (Fsp3) is 0.667. The first-order valence-electron chi connectivity index (χ1n) is 8.69. The van der Waals surface area contributed by atoms with Gasteiger partial charge in [0.25, 0.3) is 5.91 Å². The molecule has 1 saturated heterocycles. The molecule has 6 heteroatoms. The first-order chi connectivity index (χ1) is 11.6. The van der Waals surface area contributed by atoms with Crippen molar-refractivity contribution >= 4 is 23.2 Å². The number of ether oxygens (including phenoxy) is 1. The van der Waals surface area contributed by atoms with Crippen LogP contribution in [0.1, 0.15) is 46.7 Å². The normalized spacial score (nSPS) is 26.5. The molecule has 0 bridgehead atoms. The highest BCUT2D eigenvalue weighted by Gasteiger charge is 2.50. The van der Waals surface area contributed by atoms with Gasteiger partial charge in [-0.25, -0.2) is 0 Å². The van der Waals surface area contributed by atoms with Crippen LogP contribution in [0.5, 0.6) is 0 Å². The van der Waals surface area contributed by atoms with Gasteiger partial charge in [-0.2, -0.15) is 0 Å². The molecule has 2 aliphatic rings. The number of likely N-dealkylation sites (tertiary alicyclic amines) is 1. The summed E-state index contributed by atoms with van der Waals surface area (Å²) in [6.07, 6.45) is 4.69. The van der Waals surface area contributed by atoms with Crippen LogP contribution in [-0.2, 0) is 9.53 Å². The summed E-state index contributed by atoms with van der Waals surface area (Å²) in [5, 5.41) is 3.14. The molecule has 2 heterocycles. The molecule has 1 aromatic rings. The zero-order chi connectivity index (χ0) is 17.2. The van der Waals surface area contributed by atoms with Gasteiger partial charge in [0.15, 0.2) is 0 Å². The van der Waals surface area contributed by atoms with Crippen molar-refractivity contribution in [2.45, 2.75) is 45.1 Å². The summed E-state index contributed by atoms with van der Waals surface area (Å²) >= 11 is 1.52. The van der Waals surface area contributed by atoms with E-state index in [0.717, 1.165) is 35.4 Å². The third-order valence-corrected chi connectivity index (χ3v) is 6.49. The Balaban J connectivity index is 1.68. The number of amides is 2. The lowest BCUT2D eigenvalue weighted by Gasteiger charge is -2.46. The number of thiophene rings is 1. The molecule has 2 amide bonds. The SMILES string of the molecule is COCCN1C(=O)CC[C@]2(CNC(=O)c3ccc(C)s3)CCC[C@@H]12. The van der Waals surface area contributed by atoms with Crippen LogP contribution in [0.4, 0.5) is 0 Å². The number of piperidine rings is 1. The minimum atomic E-state index is 0.00784. The number of rotatable bonds is 6. The molecule has 0 spiro atoms. The molecule has 1 aromatic heterocycles. The molecule has 0 aromatic carbocycles. The average molecular weight is 350 g/mol. The second-order valence-electron chi connectivity index (χ2n) is 6.94. The van der Waals surface area contributed by atoms with E-state index in [1.165, 1.54) is 11.3 Å². The molecule has 1 aliphatic carbocycles. The summed E-state index contributed by atoms with van der Waals surface area (Å²) in [7, 11) is 1.67. The third kappa shape index (κ3) is 3.35. The van der Waals surface area contributed by atoms with Crippen molar-refractivity contribution in [1.82, 2.24) is 10.2 Å². The monoisotopic (exact) mass is 350 g/mol. The first-order valence-corrected chi connectivity index (χ1v) is 9.50. The van der Waals surface area contributed by atoms with Gasteiger partial charge < -0.3 is 15.0 Å². The van der Waals surface area contributed by atoms with Crippen molar-refractivity contribution in [2.24, 2.45) is 5.41 Å². The summed E-state index contributed by atoms with van der Waals surface area (Å²) in [5.74, 6) is 0.239. The Hall–Kier alpha value is -1.40. The van der Waals surface area contributed by atoms with Crippen LogP contribution < -0.4 is 5.32 Å². The predicted molar refractivity (Wildman–Crippen MR) is 94.3 cm³/mol. The lowest BCUT2D eigenvalue weighted by Crippen LogP contribution is -2.56. The van der Waals surface area contributed by atoms with Crippen molar-refractivity contribution in [3.63, 3.8) is 0 Å². The summed E-state index contributed by atoms with van der Waals surface area (Å²) < 4.78 is 5.17. The number of carbonyl (C=O) groups is 2. The molecule has 5 nitrogen and oxygen atoms in total. The molecular formula is C18H26N2O3S. The summed E-state index contributed by atoms with van der Waals surface area (Å²) in [4.78, 5) is 28.6. The highest BCUT2D eigenvalue weighted by Crippen LogP contribution is 2.47. The molecule has 132 valence electrons. The Morgan fingerprint density at radius 1 is 1.46 bits per heavy atom. The average Bonchev–Trinajstić information content (AvgIpc) is 3.19. The Morgan fingerprint density at radius 3 is 3.00 bits per heavy atom. The quantitative estimate of drug-likeness (QED) is 0.858. The summed E-state index contributed by atoms with van der Waals surface area (Å²) in [6, 6.07) is 4.09. The van der Waals surface area contributed by atoms with Gasteiger partial charge in [0.05, 0.1) is 11.5 Å². The van der Waals surface area contributed by atoms with Gasteiger partial charge in [0.1, 0.15) is 0 Å². The Bertz CT molecular complexity index is 615. The minimum Gasteiger partial charge on any atom is -0.383 e. The van der Waals surface area contributed by atoms with E-state index in [0.29, 0.717) is 26.1 Å². The number of nitrogens with one attached hydrogen (secondary N) is 1. The van der Waals surface area contributed by atoms with E-state index in [1.807, 2.05) is 24.0 Å². The standard InChI is InChI=1S/C18H26N2O3S/c1-13-5-6-14(24-13)17(22)19-12-18-8-3-4-15(18)20(10-11-23-2)16(21)7-9-18/h5-6,15H,3-4,7-12H2,1-2H3,(H,19,22)/t15-,18+/m1/s1. The lowest BCUT2D eigenvalue weighted by atomic mass is 9.74. The molecule has 1 N–H and O–H groups in total. The van der Waals surface area contributed by atoms with Crippen LogP contribution in [0.15, 0.2) is 12.1 Å². The number of methoxy groups -OCH3 is 1. The number of hydrogen-bond donors (Lipinski definition) is 1. The van der Waals surface area contributed by atoms with Gasteiger partial charge in [-0.05, 0) is 38.3 Å². The van der Waals surface area contributed by atoms with Gasteiger partial charge in [0, 0.05) is 43.0 Å². The van der Waals surface area contributed by atoms with Gasteiger partial charge in [-0.1, -0.05) is 6.42 Å². The van der Waals surface area contributed by atoms with Crippen LogP contribution in [-0.4, -0.2) is 49.6 Å². The first kappa shape index (κ1) is 17.4. The summed E-state index contributed by atoms with van der Waals surface area (Å²) in [6.45, 7) is 3.89. The zero-order valence-electron chi connectivity index (χ0n) is 14.5. The van der Waals surface area contributed by atoms with E-state index < -0.39 is 0 Å². The minimum absolute atomic E-state index is 0.00784. The van der Waals surface area contributed by atoms with E-state index in [2.05, 4.69) is 5.32 Å². The molecule has 0 radical (unpaired) electrons. The largest absolute Gasteiger partial charge is 0.383 e. The summed E-state index contributed by atoms with van der Waals surface area (Å²) in [5.41, 5.74) is 0.0314. The molecule has 24 heavy (non-hydrogen) atoms. The van der Waals surface area contributed by atoms with Crippen molar-refractivity contribution in [2.75, 3.05) is 26.8 Å². The van der Waals surface area contributed by atoms with Crippen molar-refractivity contribution in [1.29, 1.82) is 0 Å². The molecule has 1 saturated carbocycles.